The molecule has 0 atom stereocenters. The van der Waals surface area contributed by atoms with Gasteiger partial charge in [0.15, 0.2) is 5.11 Å². The minimum absolute atomic E-state index is 0.00539. The molecule has 0 spiro atoms. The van der Waals surface area contributed by atoms with E-state index in [4.69, 9.17) is 21.7 Å². The number of carbonyl (C=O) groups excluding carboxylic acids is 2. The fraction of sp³-hybridized carbons (Fsp3) is 0.0952. The van der Waals surface area contributed by atoms with Crippen molar-refractivity contribution in [3.8, 4) is 11.5 Å². The molecule has 2 aromatic rings. The summed E-state index contributed by atoms with van der Waals surface area (Å²) in [6, 6.07) is 14.2. The average Bonchev–Trinajstić information content (AvgIpc) is 2.71. The molecule has 1 aliphatic heterocycles. The molecule has 3 rings (SSSR count). The SMILES string of the molecule is COc1ccc(/C=C/C=C2\C(=O)NC(=S)N(c3ccc(OC)cc3)C2=O)cc1. The van der Waals surface area contributed by atoms with E-state index < -0.39 is 11.8 Å². The molecule has 7 heteroatoms. The zero-order valence-corrected chi connectivity index (χ0v) is 16.2. The molecule has 1 aliphatic rings. The van der Waals surface area contributed by atoms with Crippen molar-refractivity contribution in [1.82, 2.24) is 5.32 Å². The predicted molar refractivity (Wildman–Crippen MR) is 111 cm³/mol. The molecule has 2 amide bonds. The Kier molecular flexibility index (Phi) is 5.86. The molecule has 0 aromatic heterocycles. The summed E-state index contributed by atoms with van der Waals surface area (Å²) in [7, 11) is 3.16. The van der Waals surface area contributed by atoms with Crippen LogP contribution >= 0.6 is 12.2 Å². The smallest absolute Gasteiger partial charge is 0.270 e. The summed E-state index contributed by atoms with van der Waals surface area (Å²) in [6.07, 6.45) is 4.91. The molecule has 1 N–H and O–H groups in total. The van der Waals surface area contributed by atoms with Crippen LogP contribution in [0.25, 0.3) is 6.08 Å². The van der Waals surface area contributed by atoms with E-state index in [2.05, 4.69) is 5.32 Å². The number of nitrogens with zero attached hydrogens (tertiary/aromatic N) is 1. The van der Waals surface area contributed by atoms with Crippen molar-refractivity contribution in [2.24, 2.45) is 0 Å². The molecule has 1 fully saturated rings. The van der Waals surface area contributed by atoms with Crippen molar-refractivity contribution < 1.29 is 19.1 Å². The zero-order valence-electron chi connectivity index (χ0n) is 15.3. The molecule has 0 radical (unpaired) electrons. The molecule has 0 bridgehead atoms. The normalized spacial score (nSPS) is 15.9. The van der Waals surface area contributed by atoms with Gasteiger partial charge in [-0.2, -0.15) is 0 Å². The summed E-state index contributed by atoms with van der Waals surface area (Å²) in [5.41, 5.74) is 1.44. The average molecular weight is 394 g/mol. The van der Waals surface area contributed by atoms with E-state index in [1.807, 2.05) is 24.3 Å². The van der Waals surface area contributed by atoms with E-state index in [1.165, 1.54) is 11.0 Å². The maximum atomic E-state index is 12.9. The van der Waals surface area contributed by atoms with Crippen LogP contribution in [0.15, 0.2) is 66.3 Å². The fourth-order valence-corrected chi connectivity index (χ4v) is 2.89. The summed E-state index contributed by atoms with van der Waals surface area (Å²) in [5.74, 6) is 0.389. The number of nitrogens with one attached hydrogen (secondary N) is 1. The highest BCUT2D eigenvalue weighted by atomic mass is 32.1. The van der Waals surface area contributed by atoms with Gasteiger partial charge in [-0.3, -0.25) is 19.8 Å². The van der Waals surface area contributed by atoms with Crippen LogP contribution in [-0.4, -0.2) is 31.1 Å². The molecular weight excluding hydrogens is 376 g/mol. The maximum absolute atomic E-state index is 12.9. The number of methoxy groups -OCH3 is 2. The molecule has 28 heavy (non-hydrogen) atoms. The number of carbonyl (C=O) groups is 2. The molecule has 0 saturated carbocycles. The van der Waals surface area contributed by atoms with Crippen LogP contribution in [0.2, 0.25) is 0 Å². The minimum Gasteiger partial charge on any atom is -0.497 e. The lowest BCUT2D eigenvalue weighted by Crippen LogP contribution is -2.54. The second kappa shape index (κ2) is 8.49. The van der Waals surface area contributed by atoms with Gasteiger partial charge in [0, 0.05) is 0 Å². The van der Waals surface area contributed by atoms with E-state index in [0.29, 0.717) is 11.4 Å². The van der Waals surface area contributed by atoms with Crippen LogP contribution < -0.4 is 19.7 Å². The van der Waals surface area contributed by atoms with Crippen molar-refractivity contribution in [3.63, 3.8) is 0 Å². The van der Waals surface area contributed by atoms with Crippen molar-refractivity contribution in [2.75, 3.05) is 19.1 Å². The number of hydrogen-bond acceptors (Lipinski definition) is 5. The molecule has 142 valence electrons. The summed E-state index contributed by atoms with van der Waals surface area (Å²) >= 11 is 5.18. The first-order valence-corrected chi connectivity index (χ1v) is 8.80. The fourth-order valence-electron chi connectivity index (χ4n) is 2.61. The van der Waals surface area contributed by atoms with Gasteiger partial charge in [-0.25, -0.2) is 0 Å². The largest absolute Gasteiger partial charge is 0.497 e. The van der Waals surface area contributed by atoms with Crippen LogP contribution in [0.1, 0.15) is 5.56 Å². The number of allylic oxidation sites excluding steroid dienone is 2. The third-order valence-electron chi connectivity index (χ3n) is 4.10. The Labute approximate surface area is 168 Å². The first-order chi connectivity index (χ1) is 13.5. The highest BCUT2D eigenvalue weighted by Gasteiger charge is 2.34. The van der Waals surface area contributed by atoms with Crippen molar-refractivity contribution in [3.05, 3.63) is 71.8 Å². The van der Waals surface area contributed by atoms with Crippen molar-refractivity contribution in [1.29, 1.82) is 0 Å². The second-order valence-electron chi connectivity index (χ2n) is 5.81. The zero-order chi connectivity index (χ0) is 20.1. The Hall–Kier alpha value is -3.45. The van der Waals surface area contributed by atoms with Crippen LogP contribution in [0.3, 0.4) is 0 Å². The number of ether oxygens (including phenoxy) is 2. The molecular formula is C21H18N2O4S. The molecule has 0 unspecified atom stereocenters. The van der Waals surface area contributed by atoms with Crippen molar-refractivity contribution in [2.45, 2.75) is 0 Å². The van der Waals surface area contributed by atoms with Gasteiger partial charge in [0.1, 0.15) is 17.1 Å². The molecule has 0 aliphatic carbocycles. The highest BCUT2D eigenvalue weighted by Crippen LogP contribution is 2.23. The Morgan fingerprint density at radius 3 is 2.07 bits per heavy atom. The molecule has 6 nitrogen and oxygen atoms in total. The summed E-state index contributed by atoms with van der Waals surface area (Å²) in [5, 5.41) is 2.59. The minimum atomic E-state index is -0.529. The van der Waals surface area contributed by atoms with E-state index in [9.17, 15) is 9.59 Å². The Morgan fingerprint density at radius 1 is 0.929 bits per heavy atom. The van der Waals surface area contributed by atoms with E-state index in [-0.39, 0.29) is 10.7 Å². The Balaban J connectivity index is 1.83. The van der Waals surface area contributed by atoms with Crippen LogP contribution in [0, 0.1) is 0 Å². The van der Waals surface area contributed by atoms with Gasteiger partial charge < -0.3 is 9.47 Å². The van der Waals surface area contributed by atoms with Crippen LogP contribution in [0.4, 0.5) is 5.69 Å². The summed E-state index contributed by atoms with van der Waals surface area (Å²) in [4.78, 5) is 26.4. The summed E-state index contributed by atoms with van der Waals surface area (Å²) < 4.78 is 10.2. The number of benzene rings is 2. The highest BCUT2D eigenvalue weighted by molar-refractivity contribution is 7.80. The Bertz CT molecular complexity index is 963. The lowest BCUT2D eigenvalue weighted by atomic mass is 10.1. The van der Waals surface area contributed by atoms with Crippen LogP contribution in [0.5, 0.6) is 11.5 Å². The van der Waals surface area contributed by atoms with E-state index >= 15 is 0 Å². The Morgan fingerprint density at radius 2 is 1.50 bits per heavy atom. The number of thiocarbonyl (C=S) groups is 1. The number of anilines is 1. The molecule has 1 heterocycles. The van der Waals surface area contributed by atoms with Gasteiger partial charge in [-0.15, -0.1) is 0 Å². The monoisotopic (exact) mass is 394 g/mol. The second-order valence-corrected chi connectivity index (χ2v) is 6.20. The quantitative estimate of drug-likeness (QED) is 0.480. The standard InChI is InChI=1S/C21H18N2O4S/c1-26-16-10-6-14(7-11-16)4-3-5-18-19(24)22-21(28)23(20(18)25)15-8-12-17(27-2)13-9-15/h3-13H,1-2H3,(H,22,24,28)/b4-3+,18-5+. The summed E-state index contributed by atoms with van der Waals surface area (Å²) in [6.45, 7) is 0. The van der Waals surface area contributed by atoms with Crippen LogP contribution in [-0.2, 0) is 9.59 Å². The third-order valence-corrected chi connectivity index (χ3v) is 4.38. The number of rotatable bonds is 5. The first-order valence-electron chi connectivity index (χ1n) is 8.39. The third kappa shape index (κ3) is 4.10. The van der Waals surface area contributed by atoms with E-state index in [1.54, 1.807) is 50.6 Å². The molecule has 2 aromatic carbocycles. The first kappa shape index (κ1) is 19.3. The topological polar surface area (TPSA) is 67.9 Å². The number of hydrogen-bond donors (Lipinski definition) is 1. The van der Waals surface area contributed by atoms with Gasteiger partial charge in [0.05, 0.1) is 19.9 Å². The van der Waals surface area contributed by atoms with E-state index in [0.717, 1.165) is 11.3 Å². The lowest BCUT2D eigenvalue weighted by molar-refractivity contribution is -0.122. The van der Waals surface area contributed by atoms with Gasteiger partial charge in [0.25, 0.3) is 11.8 Å². The van der Waals surface area contributed by atoms with Gasteiger partial charge in [-0.1, -0.05) is 24.3 Å². The van der Waals surface area contributed by atoms with Gasteiger partial charge in [-0.05, 0) is 60.3 Å². The van der Waals surface area contributed by atoms with Crippen molar-refractivity contribution >= 4 is 40.9 Å². The lowest BCUT2D eigenvalue weighted by Gasteiger charge is -2.28. The predicted octanol–water partition coefficient (Wildman–Crippen LogP) is 3.09. The van der Waals surface area contributed by atoms with Gasteiger partial charge >= 0.3 is 0 Å². The maximum Gasteiger partial charge on any atom is 0.270 e. The molecule has 1 saturated heterocycles. The van der Waals surface area contributed by atoms with Gasteiger partial charge in [0.2, 0.25) is 0 Å². The number of amides is 2.